The van der Waals surface area contributed by atoms with Crippen molar-refractivity contribution in [1.29, 1.82) is 0 Å². The third kappa shape index (κ3) is 4.20. The highest BCUT2D eigenvalue weighted by atomic mass is 16.5. The van der Waals surface area contributed by atoms with E-state index in [0.29, 0.717) is 19.1 Å². The topological polar surface area (TPSA) is 95.2 Å². The molecule has 0 aliphatic rings. The lowest BCUT2D eigenvalue weighted by Crippen LogP contribution is -2.10. The Balaban J connectivity index is 2.07. The lowest BCUT2D eigenvalue weighted by Gasteiger charge is -2.10. The van der Waals surface area contributed by atoms with Gasteiger partial charge < -0.3 is 20.5 Å². The lowest BCUT2D eigenvalue weighted by atomic mass is 10.2. The van der Waals surface area contributed by atoms with Gasteiger partial charge in [0.2, 0.25) is 11.9 Å². The molecule has 0 unspecified atom stereocenters. The molecule has 0 amide bonds. The van der Waals surface area contributed by atoms with E-state index in [9.17, 15) is 0 Å². The van der Waals surface area contributed by atoms with Gasteiger partial charge in [-0.05, 0) is 12.5 Å². The second kappa shape index (κ2) is 7.28. The quantitative estimate of drug-likeness (QED) is 0.803. The van der Waals surface area contributed by atoms with E-state index in [2.05, 4.69) is 20.3 Å². The SMILES string of the molecule is CCCOc1nc(N)nc(NCc2ccccc2OC)n1. The van der Waals surface area contributed by atoms with Gasteiger partial charge in [-0.3, -0.25) is 0 Å². The van der Waals surface area contributed by atoms with Gasteiger partial charge in [0.15, 0.2) is 0 Å². The van der Waals surface area contributed by atoms with Crippen LogP contribution in [0.25, 0.3) is 0 Å². The third-order valence-corrected chi connectivity index (χ3v) is 2.70. The van der Waals surface area contributed by atoms with E-state index >= 15 is 0 Å². The number of aromatic nitrogens is 3. The number of nitrogens with one attached hydrogen (secondary N) is 1. The van der Waals surface area contributed by atoms with Crippen molar-refractivity contribution in [2.24, 2.45) is 0 Å². The molecule has 0 saturated carbocycles. The van der Waals surface area contributed by atoms with Gasteiger partial charge in [-0.15, -0.1) is 0 Å². The molecular weight excluding hydrogens is 270 g/mol. The number of ether oxygens (including phenoxy) is 2. The van der Waals surface area contributed by atoms with Crippen LogP contribution in [0.15, 0.2) is 24.3 Å². The number of anilines is 2. The van der Waals surface area contributed by atoms with Crippen molar-refractivity contribution >= 4 is 11.9 Å². The molecule has 0 saturated heterocycles. The molecule has 0 fully saturated rings. The van der Waals surface area contributed by atoms with Crippen LogP contribution in [-0.2, 0) is 6.54 Å². The molecule has 2 aromatic rings. The summed E-state index contributed by atoms with van der Waals surface area (Å²) in [4.78, 5) is 12.1. The van der Waals surface area contributed by atoms with Gasteiger partial charge >= 0.3 is 6.01 Å². The summed E-state index contributed by atoms with van der Waals surface area (Å²) in [6.45, 7) is 3.06. The summed E-state index contributed by atoms with van der Waals surface area (Å²) in [6.07, 6.45) is 0.871. The van der Waals surface area contributed by atoms with Gasteiger partial charge in [0, 0.05) is 12.1 Å². The van der Waals surface area contributed by atoms with Crippen LogP contribution in [0.5, 0.6) is 11.8 Å². The molecule has 0 aliphatic heterocycles. The van der Waals surface area contributed by atoms with Crippen LogP contribution < -0.4 is 20.5 Å². The molecule has 0 bridgehead atoms. The number of nitrogens with zero attached hydrogens (tertiary/aromatic N) is 3. The van der Waals surface area contributed by atoms with Gasteiger partial charge in [0.05, 0.1) is 13.7 Å². The summed E-state index contributed by atoms with van der Waals surface area (Å²) in [5, 5.41) is 3.09. The Bertz CT molecular complexity index is 591. The maximum absolute atomic E-state index is 5.65. The molecule has 1 aromatic heterocycles. The molecular formula is C14H19N5O2. The molecule has 0 aliphatic carbocycles. The van der Waals surface area contributed by atoms with Crippen LogP contribution in [0.3, 0.4) is 0 Å². The molecule has 21 heavy (non-hydrogen) atoms. The monoisotopic (exact) mass is 289 g/mol. The second-order valence-corrected chi connectivity index (χ2v) is 4.31. The van der Waals surface area contributed by atoms with Crippen molar-refractivity contribution in [2.45, 2.75) is 19.9 Å². The fourth-order valence-electron chi connectivity index (χ4n) is 1.73. The Labute approximate surface area is 123 Å². The van der Waals surface area contributed by atoms with Crippen LogP contribution in [0.2, 0.25) is 0 Å². The highest BCUT2D eigenvalue weighted by molar-refractivity contribution is 5.38. The van der Waals surface area contributed by atoms with Gasteiger partial charge in [-0.1, -0.05) is 25.1 Å². The van der Waals surface area contributed by atoms with Crippen molar-refractivity contribution in [1.82, 2.24) is 15.0 Å². The molecule has 0 radical (unpaired) electrons. The lowest BCUT2D eigenvalue weighted by molar-refractivity contribution is 0.292. The first-order valence-electron chi connectivity index (χ1n) is 6.73. The second-order valence-electron chi connectivity index (χ2n) is 4.31. The molecule has 112 valence electrons. The first-order chi connectivity index (χ1) is 10.2. The predicted octanol–water partition coefficient (Wildman–Crippen LogP) is 1.86. The number of hydrogen-bond acceptors (Lipinski definition) is 7. The smallest absolute Gasteiger partial charge is 0.323 e. The van der Waals surface area contributed by atoms with Crippen LogP contribution in [0.4, 0.5) is 11.9 Å². The molecule has 1 aromatic carbocycles. The normalized spacial score (nSPS) is 10.2. The highest BCUT2D eigenvalue weighted by Gasteiger charge is 2.07. The Morgan fingerprint density at radius 3 is 2.76 bits per heavy atom. The average molecular weight is 289 g/mol. The summed E-state index contributed by atoms with van der Waals surface area (Å²) >= 11 is 0. The van der Waals surface area contributed by atoms with Crippen molar-refractivity contribution < 1.29 is 9.47 Å². The Morgan fingerprint density at radius 1 is 1.19 bits per heavy atom. The minimum Gasteiger partial charge on any atom is -0.496 e. The summed E-state index contributed by atoms with van der Waals surface area (Å²) in [7, 11) is 1.64. The highest BCUT2D eigenvalue weighted by Crippen LogP contribution is 2.18. The van der Waals surface area contributed by atoms with Crippen molar-refractivity contribution in [2.75, 3.05) is 24.8 Å². The fourth-order valence-corrected chi connectivity index (χ4v) is 1.73. The van der Waals surface area contributed by atoms with E-state index in [0.717, 1.165) is 17.7 Å². The number of methoxy groups -OCH3 is 1. The average Bonchev–Trinajstić information content (AvgIpc) is 2.50. The largest absolute Gasteiger partial charge is 0.496 e. The van der Waals surface area contributed by atoms with Crippen LogP contribution in [-0.4, -0.2) is 28.7 Å². The van der Waals surface area contributed by atoms with Crippen LogP contribution in [0.1, 0.15) is 18.9 Å². The molecule has 0 atom stereocenters. The number of benzene rings is 1. The molecule has 7 nitrogen and oxygen atoms in total. The van der Waals surface area contributed by atoms with E-state index in [4.69, 9.17) is 15.2 Å². The molecule has 1 heterocycles. The maximum Gasteiger partial charge on any atom is 0.323 e. The molecule has 7 heteroatoms. The zero-order valence-electron chi connectivity index (χ0n) is 12.2. The number of nitrogen functional groups attached to an aromatic ring is 1. The van der Waals surface area contributed by atoms with Crippen molar-refractivity contribution in [3.8, 4) is 11.8 Å². The predicted molar refractivity (Wildman–Crippen MR) is 80.3 cm³/mol. The number of nitrogens with two attached hydrogens (primary N) is 1. The summed E-state index contributed by atoms with van der Waals surface area (Å²) in [5.74, 6) is 1.30. The Morgan fingerprint density at radius 2 is 2.00 bits per heavy atom. The summed E-state index contributed by atoms with van der Waals surface area (Å²) in [6, 6.07) is 7.95. The van der Waals surface area contributed by atoms with Gasteiger partial charge in [0.1, 0.15) is 5.75 Å². The first-order valence-corrected chi connectivity index (χ1v) is 6.73. The minimum absolute atomic E-state index is 0.124. The van der Waals surface area contributed by atoms with Gasteiger partial charge in [-0.25, -0.2) is 0 Å². The zero-order chi connectivity index (χ0) is 15.1. The van der Waals surface area contributed by atoms with Crippen LogP contribution in [0, 0.1) is 0 Å². The van der Waals surface area contributed by atoms with Crippen molar-refractivity contribution in [3.05, 3.63) is 29.8 Å². The fraction of sp³-hybridized carbons (Fsp3) is 0.357. The summed E-state index contributed by atoms with van der Waals surface area (Å²) < 4.78 is 10.7. The van der Waals surface area contributed by atoms with Crippen molar-refractivity contribution in [3.63, 3.8) is 0 Å². The van der Waals surface area contributed by atoms with Gasteiger partial charge in [-0.2, -0.15) is 15.0 Å². The van der Waals surface area contributed by atoms with Gasteiger partial charge in [0.25, 0.3) is 0 Å². The van der Waals surface area contributed by atoms with E-state index < -0.39 is 0 Å². The zero-order valence-corrected chi connectivity index (χ0v) is 12.2. The van der Waals surface area contributed by atoms with E-state index in [1.165, 1.54) is 0 Å². The minimum atomic E-state index is 0.124. The third-order valence-electron chi connectivity index (χ3n) is 2.70. The first kappa shape index (κ1) is 14.8. The molecule has 3 N–H and O–H groups in total. The maximum atomic E-state index is 5.65. The standard InChI is InChI=1S/C14H19N5O2/c1-3-8-21-14-18-12(15)17-13(19-14)16-9-10-6-4-5-7-11(10)20-2/h4-7H,3,8-9H2,1-2H3,(H3,15,16,17,18,19). The van der Waals surface area contributed by atoms with E-state index in [1.54, 1.807) is 7.11 Å². The number of hydrogen-bond donors (Lipinski definition) is 2. The van der Waals surface area contributed by atoms with E-state index in [1.807, 2.05) is 31.2 Å². The molecule has 0 spiro atoms. The number of para-hydroxylation sites is 1. The number of rotatable bonds is 7. The Hall–Kier alpha value is -2.57. The molecule has 2 rings (SSSR count). The summed E-state index contributed by atoms with van der Waals surface area (Å²) in [5.41, 5.74) is 6.64. The van der Waals surface area contributed by atoms with Crippen LogP contribution >= 0.6 is 0 Å². The Kier molecular flexibility index (Phi) is 5.14. The van der Waals surface area contributed by atoms with E-state index in [-0.39, 0.29) is 12.0 Å².